The summed E-state index contributed by atoms with van der Waals surface area (Å²) in [4.78, 5) is 11.6. The van der Waals surface area contributed by atoms with Crippen molar-refractivity contribution in [2.45, 2.75) is 110 Å². The van der Waals surface area contributed by atoms with E-state index in [0.717, 1.165) is 25.8 Å². The van der Waals surface area contributed by atoms with Crippen LogP contribution in [-0.2, 0) is 4.79 Å². The maximum Gasteiger partial charge on any atom is 0.219 e. The Morgan fingerprint density at radius 2 is 1.05 bits per heavy atom. The Bertz CT molecular complexity index is 216. The predicted molar refractivity (Wildman–Crippen MR) is 93.6 cm³/mol. The maximum atomic E-state index is 11.6. The number of carbonyl (C=O) groups excluding carboxylic acids is 1. The van der Waals surface area contributed by atoms with Crippen molar-refractivity contribution < 1.29 is 4.79 Å². The highest BCUT2D eigenvalue weighted by atomic mass is 16.1. The summed E-state index contributed by atoms with van der Waals surface area (Å²) in [6, 6.07) is 0. The van der Waals surface area contributed by atoms with Crippen molar-refractivity contribution in [3.05, 3.63) is 0 Å². The molecule has 2 nitrogen and oxygen atoms in total. The Kier molecular flexibility index (Phi) is 17.1. The second-order valence-corrected chi connectivity index (χ2v) is 6.34. The molecule has 0 radical (unpaired) electrons. The van der Waals surface area contributed by atoms with Gasteiger partial charge in [0.2, 0.25) is 5.91 Å². The highest BCUT2D eigenvalue weighted by Crippen LogP contribution is 2.08. The first-order valence-electron chi connectivity index (χ1n) is 9.58. The molecule has 0 saturated carbocycles. The van der Waals surface area contributed by atoms with Crippen LogP contribution in [0.2, 0.25) is 0 Å². The van der Waals surface area contributed by atoms with Gasteiger partial charge in [0, 0.05) is 13.0 Å². The van der Waals surface area contributed by atoms with Gasteiger partial charge in [-0.15, -0.1) is 0 Å². The summed E-state index contributed by atoms with van der Waals surface area (Å²) < 4.78 is 0. The Labute approximate surface area is 133 Å². The minimum atomic E-state index is 0.259. The SMILES string of the molecule is CCCCCCCCCNC(=O)CCCCCCCCC. The lowest BCUT2D eigenvalue weighted by Gasteiger charge is -2.05. The molecule has 0 aliphatic rings. The van der Waals surface area contributed by atoms with E-state index in [2.05, 4.69) is 19.2 Å². The minimum absolute atomic E-state index is 0.259. The van der Waals surface area contributed by atoms with Crippen molar-refractivity contribution >= 4 is 5.91 Å². The molecule has 0 aromatic rings. The van der Waals surface area contributed by atoms with Gasteiger partial charge >= 0.3 is 0 Å². The highest BCUT2D eigenvalue weighted by molar-refractivity contribution is 5.75. The van der Waals surface area contributed by atoms with E-state index in [1.165, 1.54) is 77.0 Å². The van der Waals surface area contributed by atoms with Crippen LogP contribution >= 0.6 is 0 Å². The first kappa shape index (κ1) is 20.5. The Morgan fingerprint density at radius 1 is 0.619 bits per heavy atom. The summed E-state index contributed by atoms with van der Waals surface area (Å²) in [5, 5.41) is 3.06. The van der Waals surface area contributed by atoms with Gasteiger partial charge < -0.3 is 5.32 Å². The van der Waals surface area contributed by atoms with Crippen LogP contribution in [0.4, 0.5) is 0 Å². The molecular formula is C19H39NO. The van der Waals surface area contributed by atoms with Crippen molar-refractivity contribution in [1.82, 2.24) is 5.32 Å². The zero-order valence-corrected chi connectivity index (χ0v) is 14.7. The standard InChI is InChI=1S/C19H39NO/c1-3-5-7-9-11-13-15-17-19(21)20-18-16-14-12-10-8-6-4-2/h3-18H2,1-2H3,(H,20,21). The third-order valence-corrected chi connectivity index (χ3v) is 4.11. The number of unbranched alkanes of at least 4 members (excludes halogenated alkanes) is 12. The maximum absolute atomic E-state index is 11.6. The molecule has 0 fully saturated rings. The lowest BCUT2D eigenvalue weighted by atomic mass is 10.1. The lowest BCUT2D eigenvalue weighted by molar-refractivity contribution is -0.121. The van der Waals surface area contributed by atoms with Gasteiger partial charge in [0.1, 0.15) is 0 Å². The van der Waals surface area contributed by atoms with E-state index >= 15 is 0 Å². The molecule has 126 valence electrons. The molecular weight excluding hydrogens is 258 g/mol. The van der Waals surface area contributed by atoms with Gasteiger partial charge in [-0.1, -0.05) is 90.9 Å². The third-order valence-electron chi connectivity index (χ3n) is 4.11. The average molecular weight is 298 g/mol. The summed E-state index contributed by atoms with van der Waals surface area (Å²) in [5.74, 6) is 0.259. The molecule has 0 spiro atoms. The second-order valence-electron chi connectivity index (χ2n) is 6.34. The summed E-state index contributed by atoms with van der Waals surface area (Å²) in [6.07, 6.45) is 18.8. The largest absolute Gasteiger partial charge is 0.356 e. The normalized spacial score (nSPS) is 10.8. The van der Waals surface area contributed by atoms with Gasteiger partial charge in [0.25, 0.3) is 0 Å². The van der Waals surface area contributed by atoms with Crippen molar-refractivity contribution in [2.75, 3.05) is 6.54 Å². The van der Waals surface area contributed by atoms with Crippen LogP contribution in [0.5, 0.6) is 0 Å². The van der Waals surface area contributed by atoms with E-state index in [0.29, 0.717) is 0 Å². The fraction of sp³-hybridized carbons (Fsp3) is 0.947. The van der Waals surface area contributed by atoms with Crippen LogP contribution in [0.3, 0.4) is 0 Å². The summed E-state index contributed by atoms with van der Waals surface area (Å²) >= 11 is 0. The van der Waals surface area contributed by atoms with Crippen LogP contribution < -0.4 is 5.32 Å². The first-order chi connectivity index (χ1) is 10.3. The molecule has 0 atom stereocenters. The van der Waals surface area contributed by atoms with Crippen molar-refractivity contribution in [1.29, 1.82) is 0 Å². The molecule has 0 aliphatic heterocycles. The van der Waals surface area contributed by atoms with Crippen molar-refractivity contribution in [2.24, 2.45) is 0 Å². The predicted octanol–water partition coefficient (Wildman–Crippen LogP) is 5.99. The van der Waals surface area contributed by atoms with Gasteiger partial charge in [-0.2, -0.15) is 0 Å². The van der Waals surface area contributed by atoms with Gasteiger partial charge in [0.15, 0.2) is 0 Å². The fourth-order valence-corrected chi connectivity index (χ4v) is 2.64. The third kappa shape index (κ3) is 17.4. The van der Waals surface area contributed by atoms with Gasteiger partial charge in [-0.05, 0) is 12.8 Å². The molecule has 0 aromatic carbocycles. The van der Waals surface area contributed by atoms with E-state index < -0.39 is 0 Å². The Balaban J connectivity index is 3.13. The molecule has 0 bridgehead atoms. The molecule has 0 unspecified atom stereocenters. The molecule has 21 heavy (non-hydrogen) atoms. The van der Waals surface area contributed by atoms with Gasteiger partial charge in [0.05, 0.1) is 0 Å². The van der Waals surface area contributed by atoms with E-state index in [1.807, 2.05) is 0 Å². The smallest absolute Gasteiger partial charge is 0.219 e. The van der Waals surface area contributed by atoms with E-state index in [9.17, 15) is 4.79 Å². The number of carbonyl (C=O) groups is 1. The molecule has 0 aliphatic carbocycles. The van der Waals surface area contributed by atoms with Crippen molar-refractivity contribution in [3.63, 3.8) is 0 Å². The monoisotopic (exact) mass is 297 g/mol. The van der Waals surface area contributed by atoms with Crippen molar-refractivity contribution in [3.8, 4) is 0 Å². The molecule has 0 rings (SSSR count). The first-order valence-corrected chi connectivity index (χ1v) is 9.58. The number of rotatable bonds is 16. The molecule has 2 heteroatoms. The van der Waals surface area contributed by atoms with Crippen LogP contribution in [0.15, 0.2) is 0 Å². The van der Waals surface area contributed by atoms with Crippen LogP contribution in [0.25, 0.3) is 0 Å². The minimum Gasteiger partial charge on any atom is -0.356 e. The molecule has 1 N–H and O–H groups in total. The topological polar surface area (TPSA) is 29.1 Å². The molecule has 1 amide bonds. The molecule has 0 aromatic heterocycles. The Morgan fingerprint density at radius 3 is 1.57 bits per heavy atom. The highest BCUT2D eigenvalue weighted by Gasteiger charge is 2.00. The van der Waals surface area contributed by atoms with Gasteiger partial charge in [-0.25, -0.2) is 0 Å². The van der Waals surface area contributed by atoms with Crippen LogP contribution in [0.1, 0.15) is 110 Å². The fourth-order valence-electron chi connectivity index (χ4n) is 2.64. The number of hydrogen-bond donors (Lipinski definition) is 1. The number of amides is 1. The van der Waals surface area contributed by atoms with E-state index in [-0.39, 0.29) is 5.91 Å². The zero-order valence-electron chi connectivity index (χ0n) is 14.7. The number of nitrogens with one attached hydrogen (secondary N) is 1. The lowest BCUT2D eigenvalue weighted by Crippen LogP contribution is -2.23. The second kappa shape index (κ2) is 17.5. The summed E-state index contributed by atoms with van der Waals surface area (Å²) in [5.41, 5.74) is 0. The Hall–Kier alpha value is -0.530. The zero-order chi connectivity index (χ0) is 15.6. The van der Waals surface area contributed by atoms with Gasteiger partial charge in [-0.3, -0.25) is 4.79 Å². The van der Waals surface area contributed by atoms with Crippen LogP contribution in [0, 0.1) is 0 Å². The summed E-state index contributed by atoms with van der Waals surface area (Å²) in [7, 11) is 0. The molecule has 0 saturated heterocycles. The number of hydrogen-bond acceptors (Lipinski definition) is 1. The quantitative estimate of drug-likeness (QED) is 0.348. The molecule has 0 heterocycles. The van der Waals surface area contributed by atoms with Crippen LogP contribution in [-0.4, -0.2) is 12.5 Å². The average Bonchev–Trinajstić information content (AvgIpc) is 2.49. The van der Waals surface area contributed by atoms with E-state index in [1.54, 1.807) is 0 Å². The summed E-state index contributed by atoms with van der Waals surface area (Å²) in [6.45, 7) is 5.37. The van der Waals surface area contributed by atoms with E-state index in [4.69, 9.17) is 0 Å².